The smallest absolute Gasteiger partial charge is 0.303 e. The number of ether oxygens (including phenoxy) is 3. The molecular formula is C18H18O5. The molecule has 0 radical (unpaired) electrons. The molecule has 2 aromatic carbocycles. The number of carbonyl (C=O) groups excluding carboxylic acids is 1. The molecule has 0 saturated carbocycles. The summed E-state index contributed by atoms with van der Waals surface area (Å²) in [6.45, 7) is 2.13. The van der Waals surface area contributed by atoms with Crippen LogP contribution in [-0.4, -0.2) is 30.4 Å². The second-order valence-electron chi connectivity index (χ2n) is 5.24. The summed E-state index contributed by atoms with van der Waals surface area (Å²) < 4.78 is 16.4. The minimum atomic E-state index is -2.09. The van der Waals surface area contributed by atoms with Crippen molar-refractivity contribution in [2.45, 2.75) is 18.8 Å². The van der Waals surface area contributed by atoms with Gasteiger partial charge in [0.05, 0.1) is 12.7 Å². The van der Waals surface area contributed by atoms with Crippen LogP contribution in [0, 0.1) is 0 Å². The monoisotopic (exact) mass is 314 g/mol. The Morgan fingerprint density at radius 2 is 1.96 bits per heavy atom. The van der Waals surface area contributed by atoms with E-state index in [0.717, 1.165) is 0 Å². The largest absolute Gasteiger partial charge is 0.497 e. The third-order valence-corrected chi connectivity index (χ3v) is 3.82. The number of fused-ring (bicyclic) bond motifs is 1. The van der Waals surface area contributed by atoms with Gasteiger partial charge in [0.25, 0.3) is 0 Å². The Labute approximate surface area is 134 Å². The van der Waals surface area contributed by atoms with Crippen molar-refractivity contribution in [3.8, 4) is 11.5 Å². The molecule has 0 amide bonds. The minimum absolute atomic E-state index is 0.289. The van der Waals surface area contributed by atoms with E-state index in [2.05, 4.69) is 0 Å². The summed E-state index contributed by atoms with van der Waals surface area (Å²) in [5, 5.41) is 11.0. The summed E-state index contributed by atoms with van der Waals surface area (Å²) in [7, 11) is 1.53. The molecule has 0 saturated heterocycles. The van der Waals surface area contributed by atoms with Crippen molar-refractivity contribution >= 4 is 5.78 Å². The predicted molar refractivity (Wildman–Crippen MR) is 83.7 cm³/mol. The molecule has 1 aliphatic heterocycles. The van der Waals surface area contributed by atoms with Crippen molar-refractivity contribution in [2.75, 3.05) is 13.7 Å². The van der Waals surface area contributed by atoms with Gasteiger partial charge < -0.3 is 19.3 Å². The van der Waals surface area contributed by atoms with E-state index in [1.54, 1.807) is 37.3 Å². The molecule has 5 heteroatoms. The lowest BCUT2D eigenvalue weighted by molar-refractivity contribution is -0.181. The highest BCUT2D eigenvalue weighted by atomic mass is 16.7. The van der Waals surface area contributed by atoms with Gasteiger partial charge in [0, 0.05) is 12.7 Å². The van der Waals surface area contributed by atoms with E-state index in [0.29, 0.717) is 23.5 Å². The fourth-order valence-corrected chi connectivity index (χ4v) is 2.71. The van der Waals surface area contributed by atoms with Gasteiger partial charge in [0.1, 0.15) is 11.5 Å². The van der Waals surface area contributed by atoms with E-state index in [-0.39, 0.29) is 5.75 Å². The first kappa shape index (κ1) is 15.5. The Morgan fingerprint density at radius 1 is 1.22 bits per heavy atom. The molecule has 2 aromatic rings. The van der Waals surface area contributed by atoms with E-state index in [1.165, 1.54) is 7.11 Å². The summed E-state index contributed by atoms with van der Waals surface area (Å²) in [6, 6.07) is 13.9. The Bertz CT molecular complexity index is 713. The van der Waals surface area contributed by atoms with Crippen LogP contribution in [0.2, 0.25) is 0 Å². The standard InChI is InChI=1S/C18H18O5/c1-3-22-17(12-7-5-4-6-8-12)18(20)16(19)14-10-9-13(21-2)11-15(14)23-18/h4-11,17,20H,3H2,1-2H3/t17-,18-/m0/s1. The van der Waals surface area contributed by atoms with E-state index in [1.807, 2.05) is 18.2 Å². The molecular weight excluding hydrogens is 296 g/mol. The fraction of sp³-hybridized carbons (Fsp3) is 0.278. The number of Topliss-reactive ketones (excluding diaryl/α,β-unsaturated/α-hetero) is 1. The van der Waals surface area contributed by atoms with E-state index >= 15 is 0 Å². The van der Waals surface area contributed by atoms with Crippen LogP contribution in [0.1, 0.15) is 28.9 Å². The molecule has 0 aliphatic carbocycles. The molecule has 0 bridgehead atoms. The molecule has 2 atom stereocenters. The molecule has 0 aromatic heterocycles. The molecule has 120 valence electrons. The highest BCUT2D eigenvalue weighted by Crippen LogP contribution is 2.43. The van der Waals surface area contributed by atoms with Crippen molar-refractivity contribution in [1.29, 1.82) is 0 Å². The van der Waals surface area contributed by atoms with Crippen LogP contribution in [0.25, 0.3) is 0 Å². The molecule has 0 unspecified atom stereocenters. The van der Waals surface area contributed by atoms with Crippen LogP contribution in [-0.2, 0) is 4.74 Å². The van der Waals surface area contributed by atoms with Crippen LogP contribution in [0.4, 0.5) is 0 Å². The van der Waals surface area contributed by atoms with Crippen LogP contribution in [0.3, 0.4) is 0 Å². The maximum Gasteiger partial charge on any atom is 0.303 e. The Kier molecular flexibility index (Phi) is 4.07. The highest BCUT2D eigenvalue weighted by Gasteiger charge is 2.54. The molecule has 1 N–H and O–H groups in total. The van der Waals surface area contributed by atoms with Gasteiger partial charge in [-0.05, 0) is 24.6 Å². The lowest BCUT2D eigenvalue weighted by atomic mass is 9.95. The van der Waals surface area contributed by atoms with Crippen LogP contribution in [0.5, 0.6) is 11.5 Å². The topological polar surface area (TPSA) is 65.0 Å². The zero-order chi connectivity index (χ0) is 16.4. The molecule has 5 nitrogen and oxygen atoms in total. The van der Waals surface area contributed by atoms with Gasteiger partial charge in [0.15, 0.2) is 6.10 Å². The van der Waals surface area contributed by atoms with Gasteiger partial charge in [0.2, 0.25) is 5.78 Å². The SMILES string of the molecule is CCO[C@@H](c1ccccc1)[C@@]1(O)Oc2cc(OC)ccc2C1=O. The van der Waals surface area contributed by atoms with Crippen LogP contribution < -0.4 is 9.47 Å². The number of benzene rings is 2. The summed E-state index contributed by atoms with van der Waals surface area (Å²) in [4.78, 5) is 12.7. The van der Waals surface area contributed by atoms with Gasteiger partial charge in [-0.2, -0.15) is 0 Å². The average molecular weight is 314 g/mol. The van der Waals surface area contributed by atoms with Gasteiger partial charge in [-0.1, -0.05) is 30.3 Å². The first-order chi connectivity index (χ1) is 11.1. The third-order valence-electron chi connectivity index (χ3n) is 3.82. The third kappa shape index (κ3) is 2.58. The molecule has 3 rings (SSSR count). The number of methoxy groups -OCH3 is 1. The lowest BCUT2D eigenvalue weighted by Crippen LogP contribution is -2.47. The number of hydrogen-bond acceptors (Lipinski definition) is 5. The first-order valence-corrected chi connectivity index (χ1v) is 7.41. The number of aliphatic hydroxyl groups is 1. The first-order valence-electron chi connectivity index (χ1n) is 7.41. The number of carbonyl (C=O) groups is 1. The van der Waals surface area contributed by atoms with Crippen LogP contribution in [0.15, 0.2) is 48.5 Å². The Morgan fingerprint density at radius 3 is 2.61 bits per heavy atom. The van der Waals surface area contributed by atoms with E-state index < -0.39 is 17.7 Å². The summed E-state index contributed by atoms with van der Waals surface area (Å²) in [5.74, 6) is -1.77. The predicted octanol–water partition coefficient (Wildman–Crippen LogP) is 2.74. The maximum absolute atomic E-state index is 12.7. The van der Waals surface area contributed by atoms with Gasteiger partial charge >= 0.3 is 5.79 Å². The zero-order valence-corrected chi connectivity index (χ0v) is 13.0. The normalized spacial score (nSPS) is 20.7. The van der Waals surface area contributed by atoms with Crippen molar-refractivity contribution in [1.82, 2.24) is 0 Å². The van der Waals surface area contributed by atoms with Gasteiger partial charge in [-0.25, -0.2) is 0 Å². The fourth-order valence-electron chi connectivity index (χ4n) is 2.71. The Balaban J connectivity index is 2.02. The van der Waals surface area contributed by atoms with Gasteiger partial charge in [-0.3, -0.25) is 4.79 Å². The Hall–Kier alpha value is -2.37. The second-order valence-corrected chi connectivity index (χ2v) is 5.24. The van der Waals surface area contributed by atoms with E-state index in [4.69, 9.17) is 14.2 Å². The summed E-state index contributed by atoms with van der Waals surface area (Å²) >= 11 is 0. The van der Waals surface area contributed by atoms with Crippen LogP contribution >= 0.6 is 0 Å². The molecule has 0 spiro atoms. The lowest BCUT2D eigenvalue weighted by Gasteiger charge is -2.30. The molecule has 1 aliphatic rings. The number of ketones is 1. The zero-order valence-electron chi connectivity index (χ0n) is 13.0. The van der Waals surface area contributed by atoms with E-state index in [9.17, 15) is 9.90 Å². The van der Waals surface area contributed by atoms with Crippen molar-refractivity contribution in [3.63, 3.8) is 0 Å². The van der Waals surface area contributed by atoms with Crippen molar-refractivity contribution < 1.29 is 24.1 Å². The van der Waals surface area contributed by atoms with Crippen molar-refractivity contribution in [2.24, 2.45) is 0 Å². The minimum Gasteiger partial charge on any atom is -0.497 e. The maximum atomic E-state index is 12.7. The average Bonchev–Trinajstić information content (AvgIpc) is 2.84. The summed E-state index contributed by atoms with van der Waals surface area (Å²) in [6.07, 6.45) is -0.917. The quantitative estimate of drug-likeness (QED) is 0.919. The number of rotatable bonds is 5. The molecule has 23 heavy (non-hydrogen) atoms. The molecule has 1 heterocycles. The van der Waals surface area contributed by atoms with Gasteiger partial charge in [-0.15, -0.1) is 0 Å². The summed E-state index contributed by atoms with van der Waals surface area (Å²) in [5.41, 5.74) is 0.985. The highest BCUT2D eigenvalue weighted by molar-refractivity contribution is 6.07. The number of hydrogen-bond donors (Lipinski definition) is 1. The van der Waals surface area contributed by atoms with Crippen molar-refractivity contribution in [3.05, 3.63) is 59.7 Å². The second kappa shape index (κ2) is 6.02. The molecule has 0 fully saturated rings.